The number of aryl methyl sites for hydroxylation is 1. The molecule has 0 atom stereocenters. The number of imidazole rings is 1. The SMILES string of the molecule is Cc1cc2c(cn1)oc1c(-c3nc4ccccc4n3Cc3c(C(C)C)cc(-c4ccccc4)cc3C(C)C)cccc12. The maximum atomic E-state index is 6.47. The van der Waals surface area contributed by atoms with Crippen molar-refractivity contribution in [3.05, 3.63) is 120 Å². The van der Waals surface area contributed by atoms with E-state index in [-0.39, 0.29) is 0 Å². The molecule has 0 aliphatic carbocycles. The predicted molar refractivity (Wildman–Crippen MR) is 174 cm³/mol. The molecule has 0 saturated carbocycles. The van der Waals surface area contributed by atoms with E-state index in [1.807, 2.05) is 13.1 Å². The van der Waals surface area contributed by atoms with E-state index >= 15 is 0 Å². The second kappa shape index (κ2) is 10.3. The van der Waals surface area contributed by atoms with Gasteiger partial charge in [0.05, 0.1) is 29.3 Å². The molecule has 4 heteroatoms. The number of aromatic nitrogens is 3. The van der Waals surface area contributed by atoms with Gasteiger partial charge in [0.25, 0.3) is 0 Å². The highest BCUT2D eigenvalue weighted by Gasteiger charge is 2.22. The molecule has 0 aliphatic rings. The van der Waals surface area contributed by atoms with Crippen LogP contribution in [0.2, 0.25) is 0 Å². The molecule has 42 heavy (non-hydrogen) atoms. The second-order valence-corrected chi connectivity index (χ2v) is 11.9. The summed E-state index contributed by atoms with van der Waals surface area (Å²) in [6.45, 7) is 11.9. The van der Waals surface area contributed by atoms with E-state index in [4.69, 9.17) is 9.40 Å². The Bertz CT molecular complexity index is 2050. The van der Waals surface area contributed by atoms with E-state index in [0.29, 0.717) is 11.8 Å². The van der Waals surface area contributed by atoms with E-state index in [2.05, 4.69) is 128 Å². The number of nitrogens with zero attached hydrogens (tertiary/aromatic N) is 3. The smallest absolute Gasteiger partial charge is 0.153 e. The van der Waals surface area contributed by atoms with Gasteiger partial charge in [0.15, 0.2) is 5.58 Å². The molecule has 7 aromatic rings. The minimum Gasteiger partial charge on any atom is -0.454 e. The first-order valence-corrected chi connectivity index (χ1v) is 14.8. The van der Waals surface area contributed by atoms with Gasteiger partial charge in [-0.25, -0.2) is 4.98 Å². The second-order valence-electron chi connectivity index (χ2n) is 11.9. The molecular formula is C38H35N3O. The van der Waals surface area contributed by atoms with Crippen molar-refractivity contribution in [3.8, 4) is 22.5 Å². The van der Waals surface area contributed by atoms with Crippen molar-refractivity contribution >= 4 is 33.0 Å². The summed E-state index contributed by atoms with van der Waals surface area (Å²) in [5.41, 5.74) is 12.4. The monoisotopic (exact) mass is 549 g/mol. The third-order valence-electron chi connectivity index (χ3n) is 8.40. The molecular weight excluding hydrogens is 514 g/mol. The van der Waals surface area contributed by atoms with Gasteiger partial charge in [-0.2, -0.15) is 0 Å². The zero-order valence-electron chi connectivity index (χ0n) is 24.8. The molecule has 3 aromatic heterocycles. The first-order valence-electron chi connectivity index (χ1n) is 14.8. The summed E-state index contributed by atoms with van der Waals surface area (Å²) in [7, 11) is 0. The number of fused-ring (bicyclic) bond motifs is 4. The van der Waals surface area contributed by atoms with Crippen LogP contribution in [-0.4, -0.2) is 14.5 Å². The van der Waals surface area contributed by atoms with Gasteiger partial charge in [0.1, 0.15) is 11.4 Å². The van der Waals surface area contributed by atoms with E-state index in [9.17, 15) is 0 Å². The van der Waals surface area contributed by atoms with Crippen LogP contribution in [0.5, 0.6) is 0 Å². The molecule has 0 N–H and O–H groups in total. The van der Waals surface area contributed by atoms with Crippen molar-refractivity contribution in [2.24, 2.45) is 0 Å². The van der Waals surface area contributed by atoms with Gasteiger partial charge < -0.3 is 8.98 Å². The molecule has 0 spiro atoms. The third kappa shape index (κ3) is 4.39. The summed E-state index contributed by atoms with van der Waals surface area (Å²) in [4.78, 5) is 9.70. The van der Waals surface area contributed by atoms with Gasteiger partial charge in [0.2, 0.25) is 0 Å². The lowest BCUT2D eigenvalue weighted by molar-refractivity contribution is 0.666. The highest BCUT2D eigenvalue weighted by atomic mass is 16.3. The number of para-hydroxylation sites is 3. The van der Waals surface area contributed by atoms with Crippen molar-refractivity contribution in [1.82, 2.24) is 14.5 Å². The van der Waals surface area contributed by atoms with Crippen molar-refractivity contribution in [2.75, 3.05) is 0 Å². The Morgan fingerprint density at radius 3 is 2.19 bits per heavy atom. The van der Waals surface area contributed by atoms with Gasteiger partial charge in [0, 0.05) is 16.5 Å². The highest BCUT2D eigenvalue weighted by Crippen LogP contribution is 2.39. The fourth-order valence-electron chi connectivity index (χ4n) is 6.31. The van der Waals surface area contributed by atoms with E-state index < -0.39 is 0 Å². The number of benzene rings is 4. The summed E-state index contributed by atoms with van der Waals surface area (Å²) in [5, 5.41) is 2.17. The fourth-order valence-corrected chi connectivity index (χ4v) is 6.31. The molecule has 4 aromatic carbocycles. The van der Waals surface area contributed by atoms with Crippen molar-refractivity contribution < 1.29 is 4.42 Å². The van der Waals surface area contributed by atoms with Crippen LogP contribution in [-0.2, 0) is 6.54 Å². The van der Waals surface area contributed by atoms with Gasteiger partial charge in [-0.1, -0.05) is 94.4 Å². The standard InChI is InChI=1S/C38H35N3O/c1-23(2)30-19-27(26-12-7-6-8-13-26)20-31(24(3)4)33(30)22-41-35-17-10-9-16-34(35)40-38(41)29-15-11-14-28-32-18-25(5)39-21-36(32)42-37(28)29/h6-21,23-24H,22H2,1-5H3. The minimum atomic E-state index is 0.369. The van der Waals surface area contributed by atoms with Gasteiger partial charge >= 0.3 is 0 Å². The molecule has 0 amide bonds. The summed E-state index contributed by atoms with van der Waals surface area (Å²) >= 11 is 0. The molecule has 4 nitrogen and oxygen atoms in total. The van der Waals surface area contributed by atoms with Gasteiger partial charge in [-0.3, -0.25) is 4.98 Å². The van der Waals surface area contributed by atoms with Crippen LogP contribution in [0.4, 0.5) is 0 Å². The van der Waals surface area contributed by atoms with Gasteiger partial charge in [-0.15, -0.1) is 0 Å². The number of pyridine rings is 1. The van der Waals surface area contributed by atoms with Crippen LogP contribution in [0.3, 0.4) is 0 Å². The largest absolute Gasteiger partial charge is 0.454 e. The Kier molecular flexibility index (Phi) is 6.42. The van der Waals surface area contributed by atoms with Gasteiger partial charge in [-0.05, 0) is 70.8 Å². The first kappa shape index (κ1) is 26.2. The lowest BCUT2D eigenvalue weighted by Crippen LogP contribution is -2.11. The Morgan fingerprint density at radius 2 is 1.45 bits per heavy atom. The highest BCUT2D eigenvalue weighted by molar-refractivity contribution is 6.09. The van der Waals surface area contributed by atoms with Crippen molar-refractivity contribution in [3.63, 3.8) is 0 Å². The molecule has 208 valence electrons. The predicted octanol–water partition coefficient (Wildman–Crippen LogP) is 10.3. The fraction of sp³-hybridized carbons (Fsp3) is 0.211. The molecule has 0 unspecified atom stereocenters. The van der Waals surface area contributed by atoms with Crippen LogP contribution in [0, 0.1) is 6.92 Å². The Balaban J connectivity index is 1.47. The number of hydrogen-bond acceptors (Lipinski definition) is 3. The summed E-state index contributed by atoms with van der Waals surface area (Å²) in [5.74, 6) is 1.66. The van der Waals surface area contributed by atoms with Crippen LogP contribution in [0.15, 0.2) is 102 Å². The molecule has 0 saturated heterocycles. The third-order valence-corrected chi connectivity index (χ3v) is 8.40. The minimum absolute atomic E-state index is 0.369. The topological polar surface area (TPSA) is 43.9 Å². The molecule has 7 rings (SSSR count). The first-order chi connectivity index (χ1) is 20.4. The van der Waals surface area contributed by atoms with E-state index in [1.54, 1.807) is 0 Å². The number of furan rings is 1. The van der Waals surface area contributed by atoms with Crippen molar-refractivity contribution in [2.45, 2.75) is 53.0 Å². The lowest BCUT2D eigenvalue weighted by atomic mass is 9.85. The Morgan fingerprint density at radius 1 is 0.738 bits per heavy atom. The van der Waals surface area contributed by atoms with Crippen molar-refractivity contribution in [1.29, 1.82) is 0 Å². The average Bonchev–Trinajstić information content (AvgIpc) is 3.55. The zero-order valence-corrected chi connectivity index (χ0v) is 24.8. The molecule has 0 radical (unpaired) electrons. The van der Waals surface area contributed by atoms with Crippen LogP contribution < -0.4 is 0 Å². The maximum absolute atomic E-state index is 6.47. The molecule has 0 bridgehead atoms. The van der Waals surface area contributed by atoms with E-state index in [1.165, 1.54) is 27.8 Å². The molecule has 3 heterocycles. The zero-order chi connectivity index (χ0) is 29.0. The summed E-state index contributed by atoms with van der Waals surface area (Å²) in [6.07, 6.45) is 1.83. The van der Waals surface area contributed by atoms with Crippen LogP contribution in [0.1, 0.15) is 61.9 Å². The average molecular weight is 550 g/mol. The van der Waals surface area contributed by atoms with Crippen LogP contribution in [0.25, 0.3) is 55.5 Å². The van der Waals surface area contributed by atoms with E-state index in [0.717, 1.165) is 56.6 Å². The van der Waals surface area contributed by atoms with Crippen LogP contribution >= 0.6 is 0 Å². The molecule has 0 fully saturated rings. The Hall–Kier alpha value is -4.70. The number of hydrogen-bond donors (Lipinski definition) is 0. The number of rotatable bonds is 6. The maximum Gasteiger partial charge on any atom is 0.153 e. The normalized spacial score (nSPS) is 12.0. The molecule has 0 aliphatic heterocycles. The lowest BCUT2D eigenvalue weighted by Gasteiger charge is -2.23. The Labute approximate surface area is 246 Å². The summed E-state index contributed by atoms with van der Waals surface area (Å²) < 4.78 is 8.85. The summed E-state index contributed by atoms with van der Waals surface area (Å²) in [6, 6.07) is 32.5. The quantitative estimate of drug-likeness (QED) is 0.207.